The summed E-state index contributed by atoms with van der Waals surface area (Å²) in [6, 6.07) is 23.9. The van der Waals surface area contributed by atoms with Crippen molar-refractivity contribution in [1.29, 1.82) is 0 Å². The molecule has 0 unspecified atom stereocenters. The van der Waals surface area contributed by atoms with E-state index in [2.05, 4.69) is 85.6 Å². The largest absolute Gasteiger partial charge is 0.474 e. The third-order valence-corrected chi connectivity index (χ3v) is 6.45. The van der Waals surface area contributed by atoms with E-state index < -0.39 is 0 Å². The van der Waals surface area contributed by atoms with Crippen molar-refractivity contribution in [2.45, 2.75) is 13.0 Å². The maximum absolute atomic E-state index is 5.84. The van der Waals surface area contributed by atoms with Gasteiger partial charge in [0.1, 0.15) is 12.9 Å². The topological polar surface area (TPSA) is 68.0 Å². The fourth-order valence-corrected chi connectivity index (χ4v) is 4.60. The lowest BCUT2D eigenvalue weighted by Gasteiger charge is -2.39. The molecule has 0 amide bonds. The molecule has 8 heteroatoms. The van der Waals surface area contributed by atoms with Crippen LogP contribution in [0.1, 0.15) is 22.7 Å². The molecule has 2 aromatic carbocycles. The van der Waals surface area contributed by atoms with Crippen LogP contribution in [0.25, 0.3) is 5.65 Å². The Labute approximate surface area is 206 Å². The van der Waals surface area contributed by atoms with Gasteiger partial charge in [-0.25, -0.2) is 4.98 Å². The van der Waals surface area contributed by atoms with Gasteiger partial charge < -0.3 is 9.47 Å². The fourth-order valence-electron chi connectivity index (χ4n) is 4.60. The molecule has 8 nitrogen and oxygen atoms in total. The number of benzene rings is 2. The Kier molecular flexibility index (Phi) is 7.62. The zero-order valence-electron chi connectivity index (χ0n) is 20.2. The third-order valence-electron chi connectivity index (χ3n) is 6.45. The van der Waals surface area contributed by atoms with Gasteiger partial charge in [0.05, 0.1) is 19.3 Å². The van der Waals surface area contributed by atoms with Crippen molar-refractivity contribution >= 4 is 5.65 Å². The molecule has 0 aliphatic carbocycles. The second-order valence-electron chi connectivity index (χ2n) is 8.80. The lowest BCUT2D eigenvalue weighted by Crippen LogP contribution is -2.48. The predicted molar refractivity (Wildman–Crippen MR) is 135 cm³/mol. The number of piperazine rings is 1. The molecule has 0 N–H and O–H groups in total. The van der Waals surface area contributed by atoms with Crippen LogP contribution in [0.15, 0.2) is 73.1 Å². The quantitative estimate of drug-likeness (QED) is 0.328. The summed E-state index contributed by atoms with van der Waals surface area (Å²) in [6.45, 7) is 8.71. The zero-order chi connectivity index (χ0) is 23.9. The summed E-state index contributed by atoms with van der Waals surface area (Å²) in [6.07, 6.45) is 1.48. The van der Waals surface area contributed by atoms with Crippen LogP contribution in [0.4, 0.5) is 0 Å². The summed E-state index contributed by atoms with van der Waals surface area (Å²) in [5, 5.41) is 8.40. The summed E-state index contributed by atoms with van der Waals surface area (Å²) < 4.78 is 13.1. The molecule has 0 saturated carbocycles. The highest BCUT2D eigenvalue weighted by atomic mass is 16.5. The Morgan fingerprint density at radius 1 is 0.857 bits per heavy atom. The van der Waals surface area contributed by atoms with E-state index in [9.17, 15) is 0 Å². The monoisotopic (exact) mass is 472 g/mol. The number of rotatable bonds is 10. The van der Waals surface area contributed by atoms with Gasteiger partial charge in [-0.2, -0.15) is 0 Å². The van der Waals surface area contributed by atoms with E-state index in [1.54, 1.807) is 0 Å². The molecule has 0 spiro atoms. The molecule has 0 atom stereocenters. The maximum atomic E-state index is 5.84. The molecule has 0 radical (unpaired) electrons. The SMILES string of the molecule is Cc1cc2ncnn2nc1OCCOCCN1CCN(C(c2ccccc2)c2ccccc2)CC1. The number of fused-ring (bicyclic) bond motifs is 1. The minimum Gasteiger partial charge on any atom is -0.474 e. The predicted octanol–water partition coefficient (Wildman–Crippen LogP) is 3.24. The van der Waals surface area contributed by atoms with Crippen molar-refractivity contribution in [2.24, 2.45) is 0 Å². The van der Waals surface area contributed by atoms with E-state index in [4.69, 9.17) is 9.47 Å². The van der Waals surface area contributed by atoms with Crippen molar-refractivity contribution in [1.82, 2.24) is 29.6 Å². The number of aryl methyl sites for hydroxylation is 1. The van der Waals surface area contributed by atoms with Gasteiger partial charge in [-0.3, -0.25) is 9.80 Å². The lowest BCUT2D eigenvalue weighted by molar-refractivity contribution is 0.0547. The van der Waals surface area contributed by atoms with Crippen molar-refractivity contribution in [3.05, 3.63) is 89.7 Å². The summed E-state index contributed by atoms with van der Waals surface area (Å²) in [7, 11) is 0. The van der Waals surface area contributed by atoms with E-state index in [0.29, 0.717) is 37.4 Å². The molecule has 4 aromatic rings. The van der Waals surface area contributed by atoms with Crippen LogP contribution < -0.4 is 4.74 Å². The van der Waals surface area contributed by atoms with E-state index >= 15 is 0 Å². The molecule has 2 aromatic heterocycles. The molecule has 35 heavy (non-hydrogen) atoms. The van der Waals surface area contributed by atoms with Gasteiger partial charge >= 0.3 is 0 Å². The Balaban J connectivity index is 1.05. The number of nitrogens with zero attached hydrogens (tertiary/aromatic N) is 6. The number of hydrogen-bond acceptors (Lipinski definition) is 7. The van der Waals surface area contributed by atoms with Gasteiger partial charge in [0.25, 0.3) is 0 Å². The van der Waals surface area contributed by atoms with Crippen molar-refractivity contribution in [2.75, 3.05) is 52.5 Å². The highest BCUT2D eigenvalue weighted by Crippen LogP contribution is 2.29. The average Bonchev–Trinajstić information content (AvgIpc) is 3.35. The minimum absolute atomic E-state index is 0.293. The van der Waals surface area contributed by atoms with Crippen molar-refractivity contribution in [3.63, 3.8) is 0 Å². The van der Waals surface area contributed by atoms with Gasteiger partial charge in [0.15, 0.2) is 5.65 Å². The number of aromatic nitrogens is 4. The Morgan fingerprint density at radius 3 is 2.23 bits per heavy atom. The van der Waals surface area contributed by atoms with E-state index in [-0.39, 0.29) is 0 Å². The van der Waals surface area contributed by atoms with Crippen molar-refractivity contribution < 1.29 is 9.47 Å². The summed E-state index contributed by atoms with van der Waals surface area (Å²) in [5.74, 6) is 0.564. The van der Waals surface area contributed by atoms with Gasteiger partial charge in [-0.05, 0) is 24.1 Å². The first-order chi connectivity index (χ1) is 17.3. The number of hydrogen-bond donors (Lipinski definition) is 0. The van der Waals surface area contributed by atoms with E-state index in [1.165, 1.54) is 22.1 Å². The highest BCUT2D eigenvalue weighted by Gasteiger charge is 2.26. The first kappa shape index (κ1) is 23.4. The third kappa shape index (κ3) is 5.85. The molecule has 5 rings (SSSR count). The molecule has 1 fully saturated rings. The zero-order valence-corrected chi connectivity index (χ0v) is 20.2. The van der Waals surface area contributed by atoms with Crippen LogP contribution >= 0.6 is 0 Å². The standard InChI is InChI=1S/C27H32N6O2/c1-22-20-25-28-21-29-33(25)30-27(22)35-19-18-34-17-16-31-12-14-32(15-13-31)26(23-8-4-2-5-9-23)24-10-6-3-7-11-24/h2-11,20-21,26H,12-19H2,1H3. The normalized spacial score (nSPS) is 15.1. The Hall–Kier alpha value is -3.33. The Morgan fingerprint density at radius 2 is 1.54 bits per heavy atom. The Bertz CT molecular complexity index is 1150. The van der Waals surface area contributed by atoms with Gasteiger partial charge in [-0.15, -0.1) is 14.8 Å². The van der Waals surface area contributed by atoms with Crippen LogP contribution in [-0.2, 0) is 4.74 Å². The molecule has 182 valence electrons. The van der Waals surface area contributed by atoms with E-state index in [0.717, 1.165) is 38.3 Å². The molecule has 0 bridgehead atoms. The van der Waals surface area contributed by atoms with Crippen LogP contribution in [0, 0.1) is 6.92 Å². The number of ether oxygens (including phenoxy) is 2. The summed E-state index contributed by atoms with van der Waals surface area (Å²) in [4.78, 5) is 9.21. The molecule has 1 saturated heterocycles. The molecular formula is C27H32N6O2. The van der Waals surface area contributed by atoms with E-state index in [1.807, 2.05) is 13.0 Å². The first-order valence-electron chi connectivity index (χ1n) is 12.2. The lowest BCUT2D eigenvalue weighted by atomic mass is 9.96. The first-order valence-corrected chi connectivity index (χ1v) is 12.2. The fraction of sp³-hybridized carbons (Fsp3) is 0.370. The van der Waals surface area contributed by atoms with Gasteiger partial charge in [-0.1, -0.05) is 60.7 Å². The van der Waals surface area contributed by atoms with Gasteiger partial charge in [0, 0.05) is 38.3 Å². The smallest absolute Gasteiger partial charge is 0.236 e. The highest BCUT2D eigenvalue weighted by molar-refractivity contribution is 5.41. The van der Waals surface area contributed by atoms with Crippen LogP contribution in [0.3, 0.4) is 0 Å². The maximum Gasteiger partial charge on any atom is 0.236 e. The summed E-state index contributed by atoms with van der Waals surface area (Å²) in [5.41, 5.74) is 4.35. The second kappa shape index (κ2) is 11.4. The molecule has 3 heterocycles. The molecule has 1 aliphatic heterocycles. The van der Waals surface area contributed by atoms with Crippen molar-refractivity contribution in [3.8, 4) is 5.88 Å². The average molecular weight is 473 g/mol. The molecule has 1 aliphatic rings. The van der Waals surface area contributed by atoms with Crippen LogP contribution in [0.5, 0.6) is 5.88 Å². The molecular weight excluding hydrogens is 440 g/mol. The van der Waals surface area contributed by atoms with Crippen LogP contribution in [-0.4, -0.2) is 82.2 Å². The summed E-state index contributed by atoms with van der Waals surface area (Å²) >= 11 is 0. The van der Waals surface area contributed by atoms with Crippen LogP contribution in [0.2, 0.25) is 0 Å². The second-order valence-corrected chi connectivity index (χ2v) is 8.80. The minimum atomic E-state index is 0.293. The van der Waals surface area contributed by atoms with Gasteiger partial charge in [0.2, 0.25) is 5.88 Å².